The van der Waals surface area contributed by atoms with E-state index in [1.807, 2.05) is 20.0 Å². The van der Waals surface area contributed by atoms with Crippen molar-refractivity contribution in [1.29, 1.82) is 0 Å². The van der Waals surface area contributed by atoms with Gasteiger partial charge in [-0.1, -0.05) is 0 Å². The third-order valence-electron chi connectivity index (χ3n) is 4.50. The SMILES string of the molecule is CCn1c(N2CCC[C@H](NC)C2)nc2c([N+](=O)[O-])c(Br)c(Br)cc21. The van der Waals surface area contributed by atoms with Gasteiger partial charge in [0.25, 0.3) is 0 Å². The number of likely N-dealkylation sites (N-methyl/N-ethyl adjacent to an activating group) is 1. The van der Waals surface area contributed by atoms with E-state index in [0.29, 0.717) is 27.0 Å². The molecule has 1 aliphatic heterocycles. The number of aryl methyl sites for hydroxylation is 1. The van der Waals surface area contributed by atoms with E-state index >= 15 is 0 Å². The first-order chi connectivity index (χ1) is 11.5. The maximum atomic E-state index is 11.6. The summed E-state index contributed by atoms with van der Waals surface area (Å²) in [5.41, 5.74) is 1.22. The molecule has 1 saturated heterocycles. The zero-order valence-corrected chi connectivity index (χ0v) is 16.7. The van der Waals surface area contributed by atoms with Crippen LogP contribution in [0.25, 0.3) is 11.0 Å². The zero-order valence-electron chi connectivity index (χ0n) is 13.6. The van der Waals surface area contributed by atoms with Crippen LogP contribution in [0.15, 0.2) is 15.0 Å². The van der Waals surface area contributed by atoms with Crippen LogP contribution >= 0.6 is 31.9 Å². The molecule has 24 heavy (non-hydrogen) atoms. The molecule has 1 aliphatic rings. The molecule has 2 aromatic rings. The number of imidazole rings is 1. The first kappa shape index (κ1) is 17.6. The van der Waals surface area contributed by atoms with Crippen molar-refractivity contribution in [3.63, 3.8) is 0 Å². The van der Waals surface area contributed by atoms with Gasteiger partial charge in [0, 0.05) is 30.1 Å². The first-order valence-electron chi connectivity index (χ1n) is 7.92. The van der Waals surface area contributed by atoms with Gasteiger partial charge in [-0.25, -0.2) is 4.98 Å². The van der Waals surface area contributed by atoms with E-state index in [9.17, 15) is 10.1 Å². The highest BCUT2D eigenvalue weighted by Crippen LogP contribution is 2.40. The molecule has 1 aromatic heterocycles. The summed E-state index contributed by atoms with van der Waals surface area (Å²) in [5, 5.41) is 14.9. The molecule has 0 unspecified atom stereocenters. The molecule has 2 heterocycles. The number of hydrogen-bond acceptors (Lipinski definition) is 5. The molecule has 7 nitrogen and oxygen atoms in total. The Morgan fingerprint density at radius 2 is 2.25 bits per heavy atom. The number of fused-ring (bicyclic) bond motifs is 1. The number of aromatic nitrogens is 2. The Labute approximate surface area is 156 Å². The number of benzene rings is 1. The van der Waals surface area contributed by atoms with E-state index in [2.05, 4.69) is 51.6 Å². The van der Waals surface area contributed by atoms with Gasteiger partial charge in [0.2, 0.25) is 5.95 Å². The molecule has 1 fully saturated rings. The molecular weight excluding hydrogens is 442 g/mol. The molecule has 0 radical (unpaired) electrons. The van der Waals surface area contributed by atoms with Crippen LogP contribution in [0.4, 0.5) is 11.6 Å². The van der Waals surface area contributed by atoms with Gasteiger partial charge >= 0.3 is 5.69 Å². The van der Waals surface area contributed by atoms with Crippen molar-refractivity contribution in [2.75, 3.05) is 25.0 Å². The van der Waals surface area contributed by atoms with Gasteiger partial charge in [-0.05, 0) is 64.7 Å². The molecule has 0 amide bonds. The van der Waals surface area contributed by atoms with E-state index in [4.69, 9.17) is 0 Å². The van der Waals surface area contributed by atoms with Crippen molar-refractivity contribution in [1.82, 2.24) is 14.9 Å². The average Bonchev–Trinajstić information content (AvgIpc) is 2.93. The Morgan fingerprint density at radius 1 is 1.50 bits per heavy atom. The summed E-state index contributed by atoms with van der Waals surface area (Å²) in [4.78, 5) is 18.1. The second-order valence-electron chi connectivity index (χ2n) is 5.88. The van der Waals surface area contributed by atoms with E-state index in [1.54, 1.807) is 0 Å². The summed E-state index contributed by atoms with van der Waals surface area (Å²) in [6, 6.07) is 2.31. The van der Waals surface area contributed by atoms with Crippen LogP contribution in [-0.4, -0.2) is 40.7 Å². The van der Waals surface area contributed by atoms with Crippen LogP contribution in [0.2, 0.25) is 0 Å². The number of nitrogens with one attached hydrogen (secondary N) is 1. The predicted octanol–water partition coefficient (Wildman–Crippen LogP) is 3.68. The lowest BCUT2D eigenvalue weighted by Gasteiger charge is -2.33. The second-order valence-corrected chi connectivity index (χ2v) is 7.52. The number of anilines is 1. The Morgan fingerprint density at radius 3 is 2.88 bits per heavy atom. The fourth-order valence-corrected chi connectivity index (χ4v) is 4.14. The molecule has 0 spiro atoms. The molecule has 1 aromatic carbocycles. The van der Waals surface area contributed by atoms with E-state index in [0.717, 1.165) is 37.4 Å². The minimum atomic E-state index is -0.374. The lowest BCUT2D eigenvalue weighted by atomic mass is 10.1. The molecule has 3 rings (SSSR count). The Kier molecular flexibility index (Phi) is 5.12. The molecule has 0 aliphatic carbocycles. The van der Waals surface area contributed by atoms with Crippen molar-refractivity contribution in [2.45, 2.75) is 32.4 Å². The maximum absolute atomic E-state index is 11.6. The fraction of sp³-hybridized carbons (Fsp3) is 0.533. The Balaban J connectivity index is 2.19. The smallest absolute Gasteiger partial charge is 0.312 e. The van der Waals surface area contributed by atoms with E-state index in [1.165, 1.54) is 0 Å². The number of halogens is 2. The fourth-order valence-electron chi connectivity index (χ4n) is 3.29. The second kappa shape index (κ2) is 6.97. The summed E-state index contributed by atoms with van der Waals surface area (Å²) in [5.74, 6) is 0.806. The lowest BCUT2D eigenvalue weighted by Crippen LogP contribution is -2.45. The molecular formula is C15H19Br2N5O2. The minimum Gasteiger partial charge on any atom is -0.341 e. The van der Waals surface area contributed by atoms with Crippen molar-refractivity contribution >= 4 is 54.5 Å². The number of hydrogen-bond donors (Lipinski definition) is 1. The van der Waals surface area contributed by atoms with Gasteiger partial charge in [0.15, 0.2) is 5.52 Å². The monoisotopic (exact) mass is 459 g/mol. The summed E-state index contributed by atoms with van der Waals surface area (Å²) in [6.45, 7) is 4.51. The van der Waals surface area contributed by atoms with Crippen LogP contribution in [0.1, 0.15) is 19.8 Å². The van der Waals surface area contributed by atoms with Gasteiger partial charge in [-0.2, -0.15) is 0 Å². The highest BCUT2D eigenvalue weighted by Gasteiger charge is 2.28. The number of nitrogens with zero attached hydrogens (tertiary/aromatic N) is 4. The first-order valence-corrected chi connectivity index (χ1v) is 9.51. The third-order valence-corrected chi connectivity index (χ3v) is 6.46. The van der Waals surface area contributed by atoms with Crippen molar-refractivity contribution in [2.24, 2.45) is 0 Å². The Hall–Kier alpha value is -1.19. The summed E-state index contributed by atoms with van der Waals surface area (Å²) < 4.78 is 3.14. The summed E-state index contributed by atoms with van der Waals surface area (Å²) >= 11 is 6.72. The third kappa shape index (κ3) is 2.93. The Bertz CT molecular complexity index is 792. The largest absolute Gasteiger partial charge is 0.341 e. The quantitative estimate of drug-likeness (QED) is 0.556. The van der Waals surface area contributed by atoms with Crippen LogP contribution in [0, 0.1) is 10.1 Å². The number of nitro benzene ring substituents is 1. The number of nitro groups is 1. The normalized spacial score (nSPS) is 18.3. The van der Waals surface area contributed by atoms with Gasteiger partial charge in [-0.3, -0.25) is 10.1 Å². The topological polar surface area (TPSA) is 76.2 Å². The van der Waals surface area contributed by atoms with Gasteiger partial charge < -0.3 is 14.8 Å². The number of piperidine rings is 1. The molecule has 130 valence electrons. The van der Waals surface area contributed by atoms with Gasteiger partial charge in [-0.15, -0.1) is 0 Å². The molecule has 1 atom stereocenters. The molecule has 0 bridgehead atoms. The highest BCUT2D eigenvalue weighted by molar-refractivity contribution is 9.13. The molecule has 9 heteroatoms. The summed E-state index contributed by atoms with van der Waals surface area (Å²) in [7, 11) is 1.97. The van der Waals surface area contributed by atoms with Gasteiger partial charge in [0.1, 0.15) is 4.47 Å². The van der Waals surface area contributed by atoms with E-state index in [-0.39, 0.29) is 10.6 Å². The highest BCUT2D eigenvalue weighted by atomic mass is 79.9. The molecule has 1 N–H and O–H groups in total. The van der Waals surface area contributed by atoms with Crippen molar-refractivity contribution < 1.29 is 4.92 Å². The van der Waals surface area contributed by atoms with Crippen LogP contribution in [0.5, 0.6) is 0 Å². The minimum absolute atomic E-state index is 0.00926. The van der Waals surface area contributed by atoms with Gasteiger partial charge in [0.05, 0.1) is 10.4 Å². The van der Waals surface area contributed by atoms with Crippen molar-refractivity contribution in [3.8, 4) is 0 Å². The van der Waals surface area contributed by atoms with E-state index < -0.39 is 0 Å². The predicted molar refractivity (Wildman–Crippen MR) is 102 cm³/mol. The number of rotatable bonds is 4. The maximum Gasteiger partial charge on any atom is 0.312 e. The van der Waals surface area contributed by atoms with Crippen LogP contribution < -0.4 is 10.2 Å². The van der Waals surface area contributed by atoms with Crippen molar-refractivity contribution in [3.05, 3.63) is 25.1 Å². The average molecular weight is 461 g/mol. The standard InChI is InChI=1S/C15H19Br2N5O2/c1-3-21-11-7-10(16)12(17)14(22(23)24)13(11)19-15(21)20-6-4-5-9(8-20)18-2/h7,9,18H,3-6,8H2,1-2H3/t9-/m0/s1. The van der Waals surface area contributed by atoms with Crippen LogP contribution in [-0.2, 0) is 6.54 Å². The van der Waals surface area contributed by atoms with Crippen LogP contribution in [0.3, 0.4) is 0 Å². The lowest BCUT2D eigenvalue weighted by molar-refractivity contribution is -0.384. The summed E-state index contributed by atoms with van der Waals surface area (Å²) in [6.07, 6.45) is 2.21. The molecule has 0 saturated carbocycles. The zero-order chi connectivity index (χ0) is 17.4.